The number of ether oxygens (including phenoxy) is 2. The van der Waals surface area contributed by atoms with Crippen molar-refractivity contribution in [1.29, 1.82) is 0 Å². The predicted molar refractivity (Wildman–Crippen MR) is 134 cm³/mol. The van der Waals surface area contributed by atoms with Crippen LogP contribution in [0.1, 0.15) is 23.6 Å². The number of hydrogen-bond donors (Lipinski definition) is 1. The van der Waals surface area contributed by atoms with Gasteiger partial charge in [-0.2, -0.15) is 0 Å². The molecule has 0 radical (unpaired) electrons. The van der Waals surface area contributed by atoms with Crippen molar-refractivity contribution >= 4 is 29.1 Å². The second-order valence-electron chi connectivity index (χ2n) is 8.48. The van der Waals surface area contributed by atoms with E-state index < -0.39 is 17.7 Å². The molecule has 0 unspecified atom stereocenters. The number of benzene rings is 2. The first-order chi connectivity index (χ1) is 17.0. The fourth-order valence-corrected chi connectivity index (χ4v) is 4.54. The van der Waals surface area contributed by atoms with Gasteiger partial charge < -0.3 is 19.5 Å². The first kappa shape index (κ1) is 25.0. The van der Waals surface area contributed by atoms with Gasteiger partial charge in [-0.1, -0.05) is 36.4 Å². The maximum Gasteiger partial charge on any atom is 0.295 e. The highest BCUT2D eigenvalue weighted by atomic mass is 35.5. The maximum absolute atomic E-state index is 13.2. The van der Waals surface area contributed by atoms with E-state index in [-0.39, 0.29) is 11.3 Å². The van der Waals surface area contributed by atoms with E-state index in [0.29, 0.717) is 54.7 Å². The summed E-state index contributed by atoms with van der Waals surface area (Å²) in [5.74, 6) is -0.909. The van der Waals surface area contributed by atoms with Crippen LogP contribution in [0.15, 0.2) is 66.8 Å². The number of aliphatic hydroxyl groups is 1. The Hall–Kier alpha value is -3.13. The van der Waals surface area contributed by atoms with Gasteiger partial charge in [-0.3, -0.25) is 14.5 Å². The lowest BCUT2D eigenvalue weighted by Gasteiger charge is -2.29. The molecule has 0 bridgehead atoms. The van der Waals surface area contributed by atoms with E-state index in [0.717, 1.165) is 19.6 Å². The molecule has 0 aliphatic carbocycles. The Labute approximate surface area is 210 Å². The van der Waals surface area contributed by atoms with Crippen LogP contribution in [-0.4, -0.2) is 72.6 Å². The van der Waals surface area contributed by atoms with E-state index in [4.69, 9.17) is 21.1 Å². The molecule has 0 aromatic heterocycles. The number of amides is 1. The number of aliphatic hydroxyl groups excluding tert-OH is 1. The van der Waals surface area contributed by atoms with Crippen LogP contribution in [0.25, 0.3) is 5.76 Å². The predicted octanol–water partition coefficient (Wildman–Crippen LogP) is 4.05. The molecule has 8 heteroatoms. The highest BCUT2D eigenvalue weighted by molar-refractivity contribution is 6.46. The second kappa shape index (κ2) is 11.5. The van der Waals surface area contributed by atoms with E-state index in [1.54, 1.807) is 59.5 Å². The normalized spacial score (nSPS) is 20.3. The summed E-state index contributed by atoms with van der Waals surface area (Å²) in [6.45, 7) is 8.28. The average Bonchev–Trinajstić information content (AvgIpc) is 3.13. The lowest BCUT2D eigenvalue weighted by atomic mass is 9.95. The number of hydrogen-bond acceptors (Lipinski definition) is 6. The van der Waals surface area contributed by atoms with Crippen molar-refractivity contribution in [1.82, 2.24) is 9.80 Å². The molecule has 2 saturated heterocycles. The van der Waals surface area contributed by atoms with Crippen molar-refractivity contribution in [2.24, 2.45) is 0 Å². The molecular weight excluding hydrogens is 468 g/mol. The molecule has 7 nitrogen and oxygen atoms in total. The SMILES string of the molecule is C=CCOc1ccc(/C(O)=C2\C(=O)C(=O)N(CCCN3CCOCC3)[C@@H]2c2ccc(Cl)cc2)cc1. The molecule has 184 valence electrons. The van der Waals surface area contributed by atoms with Crippen LogP contribution in [0.5, 0.6) is 5.75 Å². The number of halogens is 1. The quantitative estimate of drug-likeness (QED) is 0.244. The smallest absolute Gasteiger partial charge is 0.295 e. The summed E-state index contributed by atoms with van der Waals surface area (Å²) in [7, 11) is 0. The van der Waals surface area contributed by atoms with Gasteiger partial charge in [0.1, 0.15) is 18.1 Å². The molecule has 1 N–H and O–H groups in total. The number of ketones is 1. The van der Waals surface area contributed by atoms with Gasteiger partial charge in [0, 0.05) is 36.8 Å². The number of carbonyl (C=O) groups excluding carboxylic acids is 2. The van der Waals surface area contributed by atoms with Crippen molar-refractivity contribution in [2.75, 3.05) is 46.0 Å². The molecule has 2 aromatic carbocycles. The molecule has 2 aromatic rings. The summed E-state index contributed by atoms with van der Waals surface area (Å²) in [6, 6.07) is 13.0. The van der Waals surface area contributed by atoms with Crippen LogP contribution < -0.4 is 4.74 Å². The Kier molecular flexibility index (Phi) is 8.23. The maximum atomic E-state index is 13.2. The van der Waals surface area contributed by atoms with E-state index in [9.17, 15) is 14.7 Å². The molecule has 2 heterocycles. The van der Waals surface area contributed by atoms with Crippen molar-refractivity contribution < 1.29 is 24.2 Å². The lowest BCUT2D eigenvalue weighted by molar-refractivity contribution is -0.140. The first-order valence-corrected chi connectivity index (χ1v) is 12.1. The number of Topliss-reactive ketones (excluding diaryl/α,β-unsaturated/α-hetero) is 1. The molecule has 1 amide bonds. The van der Waals surface area contributed by atoms with Gasteiger partial charge in [-0.25, -0.2) is 0 Å². The molecule has 2 aliphatic rings. The number of likely N-dealkylation sites (tertiary alicyclic amines) is 1. The minimum Gasteiger partial charge on any atom is -0.507 e. The van der Waals surface area contributed by atoms with Crippen LogP contribution in [0, 0.1) is 0 Å². The van der Waals surface area contributed by atoms with E-state index >= 15 is 0 Å². The minimum atomic E-state index is -0.700. The Bertz CT molecular complexity index is 1090. The van der Waals surface area contributed by atoms with Gasteiger partial charge in [0.25, 0.3) is 11.7 Å². The van der Waals surface area contributed by atoms with Crippen LogP contribution >= 0.6 is 11.6 Å². The highest BCUT2D eigenvalue weighted by Gasteiger charge is 2.45. The third-order valence-electron chi connectivity index (χ3n) is 6.20. The standard InChI is InChI=1S/C27H29ClN2O5/c1-2-16-35-22-10-6-20(7-11-22)25(31)23-24(19-4-8-21(28)9-5-19)30(27(33)26(23)32)13-3-12-29-14-17-34-18-15-29/h2,4-11,24,31H,1,3,12-18H2/b25-23+/t24-/m1/s1. The molecule has 2 aliphatic heterocycles. The Morgan fingerprint density at radius 1 is 1.09 bits per heavy atom. The number of carbonyl (C=O) groups is 2. The summed E-state index contributed by atoms with van der Waals surface area (Å²) in [6.07, 6.45) is 2.34. The Morgan fingerprint density at radius 2 is 1.77 bits per heavy atom. The zero-order valence-electron chi connectivity index (χ0n) is 19.5. The van der Waals surface area contributed by atoms with Crippen LogP contribution in [0.2, 0.25) is 5.02 Å². The third-order valence-corrected chi connectivity index (χ3v) is 6.45. The molecule has 4 rings (SSSR count). The Balaban J connectivity index is 1.63. The summed E-state index contributed by atoms with van der Waals surface area (Å²) < 4.78 is 10.9. The third kappa shape index (κ3) is 5.75. The van der Waals surface area contributed by atoms with Crippen LogP contribution in [0.3, 0.4) is 0 Å². The molecular formula is C27H29ClN2O5. The van der Waals surface area contributed by atoms with Crippen molar-refractivity contribution in [3.8, 4) is 5.75 Å². The summed E-state index contributed by atoms with van der Waals surface area (Å²) in [4.78, 5) is 30.1. The monoisotopic (exact) mass is 496 g/mol. The summed E-state index contributed by atoms with van der Waals surface area (Å²) >= 11 is 6.08. The lowest BCUT2D eigenvalue weighted by Crippen LogP contribution is -2.38. The van der Waals surface area contributed by atoms with E-state index in [2.05, 4.69) is 11.5 Å². The molecule has 35 heavy (non-hydrogen) atoms. The van der Waals surface area contributed by atoms with Gasteiger partial charge in [0.05, 0.1) is 24.8 Å². The highest BCUT2D eigenvalue weighted by Crippen LogP contribution is 2.40. The molecule has 0 spiro atoms. The number of rotatable bonds is 9. The van der Waals surface area contributed by atoms with Crippen molar-refractivity contribution in [3.05, 3.63) is 82.9 Å². The summed E-state index contributed by atoms with van der Waals surface area (Å²) in [5, 5.41) is 11.7. The van der Waals surface area contributed by atoms with Crippen molar-refractivity contribution in [3.63, 3.8) is 0 Å². The fraction of sp³-hybridized carbons (Fsp3) is 0.333. The van der Waals surface area contributed by atoms with Crippen LogP contribution in [0.4, 0.5) is 0 Å². The fourth-order valence-electron chi connectivity index (χ4n) is 4.41. The van der Waals surface area contributed by atoms with Gasteiger partial charge >= 0.3 is 0 Å². The average molecular weight is 497 g/mol. The molecule has 1 atom stereocenters. The second-order valence-corrected chi connectivity index (χ2v) is 8.91. The zero-order valence-corrected chi connectivity index (χ0v) is 20.2. The van der Waals surface area contributed by atoms with Gasteiger partial charge in [-0.05, 0) is 48.4 Å². The topological polar surface area (TPSA) is 79.3 Å². The van der Waals surface area contributed by atoms with Gasteiger partial charge in [-0.15, -0.1) is 0 Å². The number of nitrogens with zero attached hydrogens (tertiary/aromatic N) is 2. The summed E-state index contributed by atoms with van der Waals surface area (Å²) in [5.41, 5.74) is 1.22. The van der Waals surface area contributed by atoms with E-state index in [1.807, 2.05) is 0 Å². The van der Waals surface area contributed by atoms with Crippen LogP contribution in [-0.2, 0) is 14.3 Å². The zero-order chi connectivity index (χ0) is 24.8. The van der Waals surface area contributed by atoms with Gasteiger partial charge in [0.15, 0.2) is 0 Å². The largest absolute Gasteiger partial charge is 0.507 e. The number of morpholine rings is 1. The van der Waals surface area contributed by atoms with Crippen molar-refractivity contribution in [2.45, 2.75) is 12.5 Å². The minimum absolute atomic E-state index is 0.0726. The first-order valence-electron chi connectivity index (χ1n) is 11.7. The molecule has 0 saturated carbocycles. The Morgan fingerprint density at radius 3 is 2.43 bits per heavy atom. The molecule has 2 fully saturated rings. The van der Waals surface area contributed by atoms with E-state index in [1.165, 1.54) is 0 Å². The van der Waals surface area contributed by atoms with Gasteiger partial charge in [0.2, 0.25) is 0 Å².